The largest absolute Gasteiger partial charge is 0.351 e. The number of amides is 1. The van der Waals surface area contributed by atoms with Crippen LogP contribution in [-0.2, 0) is 6.42 Å². The van der Waals surface area contributed by atoms with E-state index in [1.165, 1.54) is 5.56 Å². The van der Waals surface area contributed by atoms with Crippen LogP contribution in [0, 0.1) is 0 Å². The minimum absolute atomic E-state index is 0.169. The Morgan fingerprint density at radius 2 is 1.69 bits per heavy atom. The van der Waals surface area contributed by atoms with Gasteiger partial charge in [-0.25, -0.2) is 4.68 Å². The summed E-state index contributed by atoms with van der Waals surface area (Å²) in [6.07, 6.45) is 5.32. The number of carbonyl (C=O) groups excluding carboxylic acids is 1. The Kier molecular flexibility index (Phi) is 5.76. The van der Waals surface area contributed by atoms with E-state index < -0.39 is 0 Å². The molecule has 5 heteroatoms. The Morgan fingerprint density at radius 3 is 2.41 bits per heavy atom. The highest BCUT2D eigenvalue weighted by Gasteiger charge is 2.16. The molecule has 0 bridgehead atoms. The summed E-state index contributed by atoms with van der Waals surface area (Å²) in [4.78, 5) is 16.9. The number of pyridine rings is 1. The Balaban J connectivity index is 1.50. The Hall–Kier alpha value is -3.73. The fraction of sp³-hybridized carbons (Fsp3) is 0.125. The van der Waals surface area contributed by atoms with Crippen LogP contribution in [0.2, 0.25) is 0 Å². The number of nitrogens with one attached hydrogen (secondary N) is 1. The summed E-state index contributed by atoms with van der Waals surface area (Å²) < 4.78 is 1.79. The van der Waals surface area contributed by atoms with Gasteiger partial charge in [0.1, 0.15) is 0 Å². The van der Waals surface area contributed by atoms with E-state index in [1.807, 2.05) is 66.7 Å². The lowest BCUT2D eigenvalue weighted by Gasteiger charge is -2.06. The number of nitrogens with zero attached hydrogens (tertiary/aromatic N) is 3. The van der Waals surface area contributed by atoms with Crippen molar-refractivity contribution in [3.63, 3.8) is 0 Å². The van der Waals surface area contributed by atoms with Crippen molar-refractivity contribution < 1.29 is 4.79 Å². The lowest BCUT2D eigenvalue weighted by molar-refractivity contribution is 0.0948. The van der Waals surface area contributed by atoms with Gasteiger partial charge in [0, 0.05) is 24.5 Å². The summed E-state index contributed by atoms with van der Waals surface area (Å²) >= 11 is 0. The van der Waals surface area contributed by atoms with Gasteiger partial charge in [0.2, 0.25) is 0 Å². The van der Waals surface area contributed by atoms with Gasteiger partial charge in [-0.1, -0.05) is 48.5 Å². The first kappa shape index (κ1) is 18.6. The highest BCUT2D eigenvalue weighted by Crippen LogP contribution is 2.23. The highest BCUT2D eigenvalue weighted by atomic mass is 16.1. The molecule has 2 heterocycles. The molecule has 0 unspecified atom stereocenters. The number of carbonyl (C=O) groups is 1. The second kappa shape index (κ2) is 8.97. The van der Waals surface area contributed by atoms with E-state index in [9.17, 15) is 4.79 Å². The van der Waals surface area contributed by atoms with Crippen LogP contribution in [0.5, 0.6) is 0 Å². The topological polar surface area (TPSA) is 59.8 Å². The van der Waals surface area contributed by atoms with Gasteiger partial charge in [0.15, 0.2) is 5.69 Å². The van der Waals surface area contributed by atoms with E-state index in [0.717, 1.165) is 29.8 Å². The third-order valence-electron chi connectivity index (χ3n) is 4.67. The molecule has 0 saturated heterocycles. The van der Waals surface area contributed by atoms with Gasteiger partial charge in [-0.3, -0.25) is 9.78 Å². The molecule has 0 radical (unpaired) electrons. The molecule has 144 valence electrons. The van der Waals surface area contributed by atoms with Crippen molar-refractivity contribution in [3.8, 4) is 16.9 Å². The van der Waals surface area contributed by atoms with Gasteiger partial charge in [0.25, 0.3) is 5.91 Å². The monoisotopic (exact) mass is 382 g/mol. The first-order valence-electron chi connectivity index (χ1n) is 9.69. The maximum atomic E-state index is 12.7. The molecule has 0 saturated carbocycles. The van der Waals surface area contributed by atoms with Crippen molar-refractivity contribution in [2.45, 2.75) is 12.8 Å². The molecule has 2 aromatic heterocycles. The van der Waals surface area contributed by atoms with Crippen molar-refractivity contribution in [3.05, 3.63) is 103 Å². The Bertz CT molecular complexity index is 1000. The molecule has 0 aliphatic rings. The van der Waals surface area contributed by atoms with Crippen molar-refractivity contribution in [1.29, 1.82) is 0 Å². The second-order valence-corrected chi connectivity index (χ2v) is 6.75. The SMILES string of the molecule is O=C(NCCCc1ccccc1)c1cc(-c2cccnc2)n(-c2ccccc2)n1. The van der Waals surface area contributed by atoms with Gasteiger partial charge >= 0.3 is 0 Å². The van der Waals surface area contributed by atoms with E-state index in [1.54, 1.807) is 17.1 Å². The molecule has 0 aliphatic heterocycles. The van der Waals surface area contributed by atoms with Crippen molar-refractivity contribution in [2.75, 3.05) is 6.54 Å². The second-order valence-electron chi connectivity index (χ2n) is 6.75. The van der Waals surface area contributed by atoms with Gasteiger partial charge < -0.3 is 5.32 Å². The zero-order valence-electron chi connectivity index (χ0n) is 16.0. The van der Waals surface area contributed by atoms with Crippen molar-refractivity contribution >= 4 is 5.91 Å². The standard InChI is InChI=1S/C24H22N4O/c29-24(26-16-7-11-19-9-3-1-4-10-19)22-17-23(20-12-8-15-25-18-20)28(27-22)21-13-5-2-6-14-21/h1-6,8-10,12-15,17-18H,7,11,16H2,(H,26,29). The number of aromatic nitrogens is 3. The van der Waals surface area contributed by atoms with E-state index in [0.29, 0.717) is 12.2 Å². The van der Waals surface area contributed by atoms with Gasteiger partial charge in [-0.2, -0.15) is 5.10 Å². The third kappa shape index (κ3) is 4.58. The molecule has 29 heavy (non-hydrogen) atoms. The predicted octanol–water partition coefficient (Wildman–Crippen LogP) is 4.30. The normalized spacial score (nSPS) is 10.6. The lowest BCUT2D eigenvalue weighted by Crippen LogP contribution is -2.25. The summed E-state index contributed by atoms with van der Waals surface area (Å²) in [5.74, 6) is -0.169. The minimum Gasteiger partial charge on any atom is -0.351 e. The zero-order chi connectivity index (χ0) is 19.9. The van der Waals surface area contributed by atoms with Crippen LogP contribution in [0.15, 0.2) is 91.3 Å². The summed E-state index contributed by atoms with van der Waals surface area (Å²) in [6.45, 7) is 0.605. The van der Waals surface area contributed by atoms with Gasteiger partial charge in [-0.15, -0.1) is 0 Å². The molecule has 4 aromatic rings. The van der Waals surface area contributed by atoms with E-state index >= 15 is 0 Å². The number of hydrogen-bond acceptors (Lipinski definition) is 3. The molecule has 0 spiro atoms. The summed E-state index contributed by atoms with van der Waals surface area (Å²) in [5.41, 5.74) is 4.31. The molecule has 2 aromatic carbocycles. The molecular formula is C24H22N4O. The number of benzene rings is 2. The lowest BCUT2D eigenvalue weighted by atomic mass is 10.1. The molecule has 1 amide bonds. The van der Waals surface area contributed by atoms with Crippen LogP contribution in [0.25, 0.3) is 16.9 Å². The van der Waals surface area contributed by atoms with Crippen LogP contribution >= 0.6 is 0 Å². The summed E-state index contributed by atoms with van der Waals surface area (Å²) in [6, 6.07) is 25.7. The first-order valence-corrected chi connectivity index (χ1v) is 9.69. The Labute approximate surface area is 170 Å². The predicted molar refractivity (Wildman–Crippen MR) is 114 cm³/mol. The summed E-state index contributed by atoms with van der Waals surface area (Å²) in [7, 11) is 0. The highest BCUT2D eigenvalue weighted by molar-refractivity contribution is 5.93. The molecule has 5 nitrogen and oxygen atoms in total. The smallest absolute Gasteiger partial charge is 0.271 e. The van der Waals surface area contributed by atoms with Crippen LogP contribution in [0.1, 0.15) is 22.5 Å². The number of rotatable bonds is 7. The molecule has 0 aliphatic carbocycles. The maximum absolute atomic E-state index is 12.7. The minimum atomic E-state index is -0.169. The van der Waals surface area contributed by atoms with E-state index in [2.05, 4.69) is 27.5 Å². The van der Waals surface area contributed by atoms with Crippen LogP contribution in [-0.4, -0.2) is 27.2 Å². The third-order valence-corrected chi connectivity index (χ3v) is 4.67. The Morgan fingerprint density at radius 1 is 0.931 bits per heavy atom. The molecule has 0 atom stereocenters. The van der Waals surface area contributed by atoms with Crippen molar-refractivity contribution in [2.24, 2.45) is 0 Å². The van der Waals surface area contributed by atoms with Crippen LogP contribution < -0.4 is 5.32 Å². The fourth-order valence-electron chi connectivity index (χ4n) is 3.21. The number of aryl methyl sites for hydroxylation is 1. The van der Waals surface area contributed by atoms with E-state index in [-0.39, 0.29) is 5.91 Å². The van der Waals surface area contributed by atoms with E-state index in [4.69, 9.17) is 0 Å². The average Bonchev–Trinajstić information content (AvgIpc) is 3.24. The molecular weight excluding hydrogens is 360 g/mol. The van der Waals surface area contributed by atoms with Gasteiger partial charge in [-0.05, 0) is 48.7 Å². The average molecular weight is 382 g/mol. The first-order chi connectivity index (χ1) is 14.3. The maximum Gasteiger partial charge on any atom is 0.271 e. The molecule has 0 fully saturated rings. The summed E-state index contributed by atoms with van der Waals surface area (Å²) in [5, 5.41) is 7.55. The van der Waals surface area contributed by atoms with Crippen LogP contribution in [0.4, 0.5) is 0 Å². The molecule has 1 N–H and O–H groups in total. The van der Waals surface area contributed by atoms with Crippen molar-refractivity contribution in [1.82, 2.24) is 20.1 Å². The molecule has 4 rings (SSSR count). The van der Waals surface area contributed by atoms with Gasteiger partial charge in [0.05, 0.1) is 11.4 Å². The number of hydrogen-bond donors (Lipinski definition) is 1. The quantitative estimate of drug-likeness (QED) is 0.485. The zero-order valence-corrected chi connectivity index (χ0v) is 16.0. The number of para-hydroxylation sites is 1. The fourth-order valence-corrected chi connectivity index (χ4v) is 3.21. The van der Waals surface area contributed by atoms with Crippen LogP contribution in [0.3, 0.4) is 0 Å².